The summed E-state index contributed by atoms with van der Waals surface area (Å²) in [5.74, 6) is -0.560. The number of benzene rings is 1. The van der Waals surface area contributed by atoms with Crippen molar-refractivity contribution in [2.75, 3.05) is 25.5 Å². The van der Waals surface area contributed by atoms with Crippen LogP contribution in [0.2, 0.25) is 5.28 Å². The summed E-state index contributed by atoms with van der Waals surface area (Å²) < 4.78 is 20.3. The predicted molar refractivity (Wildman–Crippen MR) is 128 cm³/mol. The van der Waals surface area contributed by atoms with Crippen LogP contribution in [-0.2, 0) is 14.9 Å². The van der Waals surface area contributed by atoms with Crippen LogP contribution in [-0.4, -0.2) is 40.6 Å². The zero-order chi connectivity index (χ0) is 23.6. The highest BCUT2D eigenvalue weighted by Crippen LogP contribution is 2.41. The van der Waals surface area contributed by atoms with Crippen LogP contribution in [0.15, 0.2) is 30.5 Å². The van der Waals surface area contributed by atoms with Gasteiger partial charge in [0.15, 0.2) is 5.82 Å². The second kappa shape index (κ2) is 9.70. The van der Waals surface area contributed by atoms with Crippen LogP contribution in [0, 0.1) is 11.7 Å². The van der Waals surface area contributed by atoms with E-state index in [-0.39, 0.29) is 28.4 Å². The monoisotopic (exact) mass is 489 g/mol. The fourth-order valence-electron chi connectivity index (χ4n) is 3.65. The van der Waals surface area contributed by atoms with Crippen LogP contribution in [0.3, 0.4) is 0 Å². The summed E-state index contributed by atoms with van der Waals surface area (Å²) in [7, 11) is 0. The average molecular weight is 490 g/mol. The first-order chi connectivity index (χ1) is 15.8. The normalized spacial score (nSPS) is 14.9. The molecule has 0 atom stereocenters. The van der Waals surface area contributed by atoms with Gasteiger partial charge < -0.3 is 15.8 Å². The van der Waals surface area contributed by atoms with E-state index in [1.807, 2.05) is 13.8 Å². The standard InChI is InChI=1S/C23H25ClFN5O2S/c1-23(2,12-28-20(31)13-7-10-32-11-8-13)21-30-18(14-4-3-5-15(26)17(14)25)19(33-21)16-6-9-27-22(24)29-16/h3-6,9,13H,7-8,10-12,26H2,1-2H3,(H,28,31). The molecule has 0 radical (unpaired) electrons. The van der Waals surface area contributed by atoms with Gasteiger partial charge in [-0.25, -0.2) is 19.3 Å². The number of hydrogen-bond donors (Lipinski definition) is 2. The topological polar surface area (TPSA) is 103 Å². The number of carbonyl (C=O) groups excluding carboxylic acids is 1. The molecule has 1 aliphatic rings. The molecule has 0 saturated carbocycles. The lowest BCUT2D eigenvalue weighted by Gasteiger charge is -2.26. The van der Waals surface area contributed by atoms with Crippen molar-refractivity contribution in [3.63, 3.8) is 0 Å². The molecule has 1 fully saturated rings. The SMILES string of the molecule is CC(C)(CNC(=O)C1CCOCC1)c1nc(-c2cccc(N)c2F)c(-c2ccnc(Cl)n2)s1. The molecule has 10 heteroatoms. The van der Waals surface area contributed by atoms with Gasteiger partial charge in [0.2, 0.25) is 11.2 Å². The zero-order valence-electron chi connectivity index (χ0n) is 18.4. The average Bonchev–Trinajstić information content (AvgIpc) is 3.26. The molecular weight excluding hydrogens is 465 g/mol. The van der Waals surface area contributed by atoms with Gasteiger partial charge in [0.05, 0.1) is 22.0 Å². The highest BCUT2D eigenvalue weighted by atomic mass is 35.5. The number of thiazole rings is 1. The molecule has 1 aliphatic heterocycles. The summed E-state index contributed by atoms with van der Waals surface area (Å²) in [6, 6.07) is 6.53. The van der Waals surface area contributed by atoms with Crippen molar-refractivity contribution in [3.05, 3.63) is 46.6 Å². The largest absolute Gasteiger partial charge is 0.396 e. The highest BCUT2D eigenvalue weighted by molar-refractivity contribution is 7.15. The maximum absolute atomic E-state index is 14.9. The molecule has 174 valence electrons. The van der Waals surface area contributed by atoms with Gasteiger partial charge in [0, 0.05) is 42.9 Å². The summed E-state index contributed by atoms with van der Waals surface area (Å²) in [5, 5.41) is 3.88. The number of aromatic nitrogens is 3. The summed E-state index contributed by atoms with van der Waals surface area (Å²) in [4.78, 5) is 26.3. The van der Waals surface area contributed by atoms with Gasteiger partial charge in [0.1, 0.15) is 5.01 Å². The van der Waals surface area contributed by atoms with Crippen molar-refractivity contribution in [1.29, 1.82) is 0 Å². The molecule has 3 heterocycles. The molecule has 0 unspecified atom stereocenters. The lowest BCUT2D eigenvalue weighted by Crippen LogP contribution is -2.41. The number of nitrogens with two attached hydrogens (primary N) is 1. The highest BCUT2D eigenvalue weighted by Gasteiger charge is 2.31. The van der Waals surface area contributed by atoms with Crippen LogP contribution < -0.4 is 11.1 Å². The number of halogens is 2. The van der Waals surface area contributed by atoms with Crippen molar-refractivity contribution in [2.45, 2.75) is 32.1 Å². The number of nitrogens with one attached hydrogen (secondary N) is 1. The Morgan fingerprint density at radius 1 is 1.30 bits per heavy atom. The molecule has 3 N–H and O–H groups in total. The molecule has 1 aromatic carbocycles. The van der Waals surface area contributed by atoms with Crippen molar-refractivity contribution in [3.8, 4) is 21.8 Å². The minimum atomic E-state index is -0.540. The van der Waals surface area contributed by atoms with Crippen molar-refractivity contribution in [2.24, 2.45) is 5.92 Å². The van der Waals surface area contributed by atoms with Gasteiger partial charge in [-0.15, -0.1) is 11.3 Å². The minimum absolute atomic E-state index is 0.0211. The van der Waals surface area contributed by atoms with Gasteiger partial charge in [-0.2, -0.15) is 0 Å². The van der Waals surface area contributed by atoms with Gasteiger partial charge in [-0.1, -0.05) is 19.9 Å². The van der Waals surface area contributed by atoms with Gasteiger partial charge in [-0.05, 0) is 42.6 Å². The second-order valence-electron chi connectivity index (χ2n) is 8.60. The van der Waals surface area contributed by atoms with E-state index in [1.165, 1.54) is 17.4 Å². The number of nitrogen functional groups attached to an aromatic ring is 1. The van der Waals surface area contributed by atoms with E-state index in [4.69, 9.17) is 27.1 Å². The molecular formula is C23H25ClFN5O2S. The first kappa shape index (κ1) is 23.5. The summed E-state index contributed by atoms with van der Waals surface area (Å²) >= 11 is 7.40. The number of rotatable bonds is 6. The zero-order valence-corrected chi connectivity index (χ0v) is 20.0. The van der Waals surface area contributed by atoms with E-state index >= 15 is 0 Å². The van der Waals surface area contributed by atoms with Gasteiger partial charge in [-0.3, -0.25) is 4.79 Å². The first-order valence-electron chi connectivity index (χ1n) is 10.7. The molecule has 3 aromatic rings. The van der Waals surface area contributed by atoms with Crippen molar-refractivity contribution in [1.82, 2.24) is 20.3 Å². The molecule has 4 rings (SSSR count). The van der Waals surface area contributed by atoms with E-state index in [0.717, 1.165) is 17.8 Å². The van der Waals surface area contributed by atoms with Gasteiger partial charge >= 0.3 is 0 Å². The molecule has 1 amide bonds. The van der Waals surface area contributed by atoms with Crippen LogP contribution in [0.4, 0.5) is 10.1 Å². The number of amides is 1. The maximum Gasteiger partial charge on any atom is 0.223 e. The third-order valence-corrected chi connectivity index (χ3v) is 7.27. The Morgan fingerprint density at radius 2 is 2.06 bits per heavy atom. The molecule has 7 nitrogen and oxygen atoms in total. The number of ether oxygens (including phenoxy) is 1. The van der Waals surface area contributed by atoms with Crippen molar-refractivity contribution >= 4 is 34.5 Å². The lowest BCUT2D eigenvalue weighted by atomic mass is 9.93. The van der Waals surface area contributed by atoms with E-state index in [0.29, 0.717) is 36.0 Å². The third-order valence-electron chi connectivity index (χ3n) is 5.65. The number of hydrogen-bond acceptors (Lipinski definition) is 7. The predicted octanol–water partition coefficient (Wildman–Crippen LogP) is 4.46. The molecule has 2 aromatic heterocycles. The maximum atomic E-state index is 14.9. The molecule has 1 saturated heterocycles. The quantitative estimate of drug-likeness (QED) is 0.391. The van der Waals surface area contributed by atoms with Crippen molar-refractivity contribution < 1.29 is 13.9 Å². The minimum Gasteiger partial charge on any atom is -0.396 e. The number of anilines is 1. The Kier molecular flexibility index (Phi) is 6.92. The van der Waals surface area contributed by atoms with Crippen LogP contribution in [0.25, 0.3) is 21.8 Å². The smallest absolute Gasteiger partial charge is 0.223 e. The summed E-state index contributed by atoms with van der Waals surface area (Å²) in [6.45, 7) is 5.58. The van der Waals surface area contributed by atoms with E-state index < -0.39 is 11.2 Å². The molecule has 33 heavy (non-hydrogen) atoms. The third kappa shape index (κ3) is 5.15. The van der Waals surface area contributed by atoms with Gasteiger partial charge in [0.25, 0.3) is 0 Å². The van der Waals surface area contributed by atoms with Crippen LogP contribution >= 0.6 is 22.9 Å². The summed E-state index contributed by atoms with van der Waals surface area (Å²) in [5.41, 5.74) is 6.59. The number of nitrogens with zero attached hydrogens (tertiary/aromatic N) is 3. The van der Waals surface area contributed by atoms with E-state index in [2.05, 4.69) is 15.3 Å². The Bertz CT molecular complexity index is 1160. The van der Waals surface area contributed by atoms with Crippen LogP contribution in [0.1, 0.15) is 31.7 Å². The Morgan fingerprint density at radius 3 is 2.79 bits per heavy atom. The fourth-order valence-corrected chi connectivity index (χ4v) is 4.94. The molecule has 0 spiro atoms. The molecule has 0 aliphatic carbocycles. The van der Waals surface area contributed by atoms with E-state index in [9.17, 15) is 9.18 Å². The first-order valence-corrected chi connectivity index (χ1v) is 11.9. The summed E-state index contributed by atoms with van der Waals surface area (Å²) in [6.07, 6.45) is 2.99. The molecule has 0 bridgehead atoms. The number of carbonyl (C=O) groups is 1. The van der Waals surface area contributed by atoms with E-state index in [1.54, 1.807) is 24.4 Å². The Labute approximate surface area is 200 Å². The fraction of sp³-hybridized carbons (Fsp3) is 0.391. The Hall–Kier alpha value is -2.62. The second-order valence-corrected chi connectivity index (χ2v) is 9.94. The Balaban J connectivity index is 1.68. The van der Waals surface area contributed by atoms with Crippen LogP contribution in [0.5, 0.6) is 0 Å². The lowest BCUT2D eigenvalue weighted by molar-refractivity contribution is -0.128.